The SMILES string of the molecule is CCCOc1ccc(OCC(=O)NCC(=O)Nc2ccc(F)cc2)cc1. The highest BCUT2D eigenvalue weighted by Gasteiger charge is 2.07. The van der Waals surface area contributed by atoms with Crippen molar-refractivity contribution in [1.82, 2.24) is 5.32 Å². The third-order valence-electron chi connectivity index (χ3n) is 3.24. The van der Waals surface area contributed by atoms with Gasteiger partial charge in [-0.3, -0.25) is 9.59 Å². The smallest absolute Gasteiger partial charge is 0.258 e. The van der Waals surface area contributed by atoms with E-state index in [1.807, 2.05) is 6.92 Å². The lowest BCUT2D eigenvalue weighted by molar-refractivity contribution is -0.125. The fraction of sp³-hybridized carbons (Fsp3) is 0.263. The summed E-state index contributed by atoms with van der Waals surface area (Å²) in [6.45, 7) is 2.25. The van der Waals surface area contributed by atoms with Gasteiger partial charge in [0.1, 0.15) is 17.3 Å². The molecule has 0 aliphatic rings. The number of hydrogen-bond acceptors (Lipinski definition) is 4. The highest BCUT2D eigenvalue weighted by atomic mass is 19.1. The molecule has 26 heavy (non-hydrogen) atoms. The Morgan fingerprint density at radius 1 is 0.923 bits per heavy atom. The average Bonchev–Trinajstić information content (AvgIpc) is 2.65. The van der Waals surface area contributed by atoms with Gasteiger partial charge in [-0.05, 0) is 55.0 Å². The van der Waals surface area contributed by atoms with E-state index in [4.69, 9.17) is 9.47 Å². The third kappa shape index (κ3) is 6.80. The minimum absolute atomic E-state index is 0.205. The van der Waals surface area contributed by atoms with Gasteiger partial charge in [-0.15, -0.1) is 0 Å². The Labute approximate surface area is 151 Å². The standard InChI is InChI=1S/C19H21FN2O4/c1-2-11-25-16-7-9-17(10-8-16)26-13-19(24)21-12-18(23)22-15-5-3-14(20)4-6-15/h3-10H,2,11-13H2,1H3,(H,21,24)(H,22,23). The molecular formula is C19H21FN2O4. The maximum atomic E-state index is 12.8. The van der Waals surface area contributed by atoms with Crippen molar-refractivity contribution in [1.29, 1.82) is 0 Å². The summed E-state index contributed by atoms with van der Waals surface area (Å²) in [6.07, 6.45) is 0.924. The van der Waals surface area contributed by atoms with E-state index in [9.17, 15) is 14.0 Å². The summed E-state index contributed by atoms with van der Waals surface area (Å²) in [5.74, 6) is 0.0345. The van der Waals surface area contributed by atoms with Crippen molar-refractivity contribution in [3.05, 3.63) is 54.3 Å². The van der Waals surface area contributed by atoms with Crippen molar-refractivity contribution in [2.75, 3.05) is 25.1 Å². The Balaban J connectivity index is 1.68. The van der Waals surface area contributed by atoms with E-state index in [1.54, 1.807) is 24.3 Å². The highest BCUT2D eigenvalue weighted by Crippen LogP contribution is 2.17. The van der Waals surface area contributed by atoms with E-state index in [-0.39, 0.29) is 13.2 Å². The molecule has 0 spiro atoms. The third-order valence-corrected chi connectivity index (χ3v) is 3.24. The first-order valence-corrected chi connectivity index (χ1v) is 8.24. The molecule has 0 heterocycles. The van der Waals surface area contributed by atoms with Crippen LogP contribution in [0.5, 0.6) is 11.5 Å². The van der Waals surface area contributed by atoms with Crippen LogP contribution in [-0.4, -0.2) is 31.6 Å². The number of carbonyl (C=O) groups is 2. The number of anilines is 1. The lowest BCUT2D eigenvalue weighted by atomic mass is 10.3. The van der Waals surface area contributed by atoms with Crippen LogP contribution >= 0.6 is 0 Å². The van der Waals surface area contributed by atoms with Crippen LogP contribution in [0.25, 0.3) is 0 Å². The first-order chi connectivity index (χ1) is 12.6. The summed E-state index contributed by atoms with van der Waals surface area (Å²) in [7, 11) is 0. The molecule has 0 saturated carbocycles. The molecule has 2 rings (SSSR count). The predicted molar refractivity (Wildman–Crippen MR) is 95.8 cm³/mol. The van der Waals surface area contributed by atoms with Gasteiger partial charge in [-0.25, -0.2) is 4.39 Å². The molecule has 2 aromatic rings. The molecule has 0 fully saturated rings. The van der Waals surface area contributed by atoms with Crippen LogP contribution in [0.1, 0.15) is 13.3 Å². The van der Waals surface area contributed by atoms with Crippen LogP contribution < -0.4 is 20.1 Å². The van der Waals surface area contributed by atoms with Gasteiger partial charge in [0.25, 0.3) is 5.91 Å². The van der Waals surface area contributed by atoms with Crippen molar-refractivity contribution in [3.63, 3.8) is 0 Å². The molecule has 0 saturated heterocycles. The Morgan fingerprint density at radius 3 is 2.15 bits per heavy atom. The Hall–Kier alpha value is -3.09. The minimum Gasteiger partial charge on any atom is -0.494 e. The first kappa shape index (κ1) is 19.2. The second-order valence-corrected chi connectivity index (χ2v) is 5.44. The van der Waals surface area contributed by atoms with Crippen LogP contribution in [-0.2, 0) is 9.59 Å². The summed E-state index contributed by atoms with van der Waals surface area (Å²) in [5.41, 5.74) is 0.451. The van der Waals surface area contributed by atoms with E-state index in [0.29, 0.717) is 18.0 Å². The topological polar surface area (TPSA) is 76.7 Å². The van der Waals surface area contributed by atoms with E-state index in [2.05, 4.69) is 10.6 Å². The average molecular weight is 360 g/mol. The molecule has 2 amide bonds. The van der Waals surface area contributed by atoms with E-state index < -0.39 is 17.6 Å². The van der Waals surface area contributed by atoms with Gasteiger partial charge in [-0.1, -0.05) is 6.92 Å². The fourth-order valence-corrected chi connectivity index (χ4v) is 1.97. The highest BCUT2D eigenvalue weighted by molar-refractivity contribution is 5.94. The maximum absolute atomic E-state index is 12.8. The number of benzene rings is 2. The molecule has 7 heteroatoms. The number of ether oxygens (including phenoxy) is 2. The van der Waals surface area contributed by atoms with Gasteiger partial charge >= 0.3 is 0 Å². The van der Waals surface area contributed by atoms with E-state index >= 15 is 0 Å². The monoisotopic (exact) mass is 360 g/mol. The quantitative estimate of drug-likeness (QED) is 0.721. The molecule has 0 atom stereocenters. The zero-order valence-corrected chi connectivity index (χ0v) is 14.5. The number of rotatable bonds is 9. The summed E-state index contributed by atoms with van der Waals surface area (Å²) in [4.78, 5) is 23.5. The summed E-state index contributed by atoms with van der Waals surface area (Å²) in [5, 5.41) is 5.00. The van der Waals surface area contributed by atoms with Crippen LogP contribution in [0.15, 0.2) is 48.5 Å². The van der Waals surface area contributed by atoms with Crippen LogP contribution in [0, 0.1) is 5.82 Å². The Kier molecular flexibility index (Phi) is 7.42. The van der Waals surface area contributed by atoms with Crippen LogP contribution in [0.4, 0.5) is 10.1 Å². The molecule has 2 aromatic carbocycles. The van der Waals surface area contributed by atoms with Gasteiger partial charge in [0.05, 0.1) is 13.2 Å². The van der Waals surface area contributed by atoms with Crippen molar-refractivity contribution in [3.8, 4) is 11.5 Å². The zero-order chi connectivity index (χ0) is 18.8. The van der Waals surface area contributed by atoms with Gasteiger partial charge in [0.15, 0.2) is 6.61 Å². The van der Waals surface area contributed by atoms with Crippen molar-refractivity contribution >= 4 is 17.5 Å². The van der Waals surface area contributed by atoms with Crippen LogP contribution in [0.2, 0.25) is 0 Å². The second kappa shape index (κ2) is 10.0. The lowest BCUT2D eigenvalue weighted by Crippen LogP contribution is -2.35. The predicted octanol–water partition coefficient (Wildman–Crippen LogP) is 2.75. The summed E-state index contributed by atoms with van der Waals surface area (Å²) in [6, 6.07) is 12.3. The van der Waals surface area contributed by atoms with Gasteiger partial charge in [-0.2, -0.15) is 0 Å². The van der Waals surface area contributed by atoms with E-state index in [1.165, 1.54) is 24.3 Å². The minimum atomic E-state index is -0.425. The van der Waals surface area contributed by atoms with Crippen LogP contribution in [0.3, 0.4) is 0 Å². The van der Waals surface area contributed by atoms with E-state index in [0.717, 1.165) is 12.2 Å². The fourth-order valence-electron chi connectivity index (χ4n) is 1.97. The van der Waals surface area contributed by atoms with Crippen molar-refractivity contribution in [2.45, 2.75) is 13.3 Å². The first-order valence-electron chi connectivity index (χ1n) is 8.24. The molecule has 0 radical (unpaired) electrons. The van der Waals surface area contributed by atoms with Gasteiger partial charge < -0.3 is 20.1 Å². The number of halogens is 1. The molecule has 0 aliphatic carbocycles. The van der Waals surface area contributed by atoms with Crippen molar-refractivity contribution < 1.29 is 23.5 Å². The zero-order valence-electron chi connectivity index (χ0n) is 14.5. The lowest BCUT2D eigenvalue weighted by Gasteiger charge is -2.09. The molecule has 138 valence electrons. The number of nitrogens with one attached hydrogen (secondary N) is 2. The Morgan fingerprint density at radius 2 is 1.54 bits per heavy atom. The van der Waals surface area contributed by atoms with Crippen molar-refractivity contribution in [2.24, 2.45) is 0 Å². The molecule has 6 nitrogen and oxygen atoms in total. The molecular weight excluding hydrogens is 339 g/mol. The largest absolute Gasteiger partial charge is 0.494 e. The molecule has 0 bridgehead atoms. The molecule has 0 aromatic heterocycles. The number of amides is 2. The van der Waals surface area contributed by atoms with Gasteiger partial charge in [0.2, 0.25) is 5.91 Å². The normalized spacial score (nSPS) is 10.1. The second-order valence-electron chi connectivity index (χ2n) is 5.44. The molecule has 0 aliphatic heterocycles. The summed E-state index contributed by atoms with van der Waals surface area (Å²) >= 11 is 0. The molecule has 2 N–H and O–H groups in total. The molecule has 0 unspecified atom stereocenters. The maximum Gasteiger partial charge on any atom is 0.258 e. The van der Waals surface area contributed by atoms with Gasteiger partial charge in [0, 0.05) is 5.69 Å². The number of hydrogen-bond donors (Lipinski definition) is 2. The summed E-state index contributed by atoms with van der Waals surface area (Å²) < 4.78 is 23.6. The Bertz CT molecular complexity index is 717. The number of carbonyl (C=O) groups excluding carboxylic acids is 2.